The molecule has 1 fully saturated rings. The molecule has 1 heterocycles. The largest absolute Gasteiger partial charge is 0.396 e. The van der Waals surface area contributed by atoms with E-state index in [1.54, 1.807) is 0 Å². The number of aryl methyl sites for hydroxylation is 1. The molecule has 3 unspecified atom stereocenters. The van der Waals surface area contributed by atoms with E-state index >= 15 is 0 Å². The Labute approximate surface area is 137 Å². The maximum atomic E-state index is 9.16. The third-order valence-electron chi connectivity index (χ3n) is 4.61. The fraction of sp³-hybridized carbons (Fsp3) is 0.556. The zero-order chi connectivity index (χ0) is 16.1. The van der Waals surface area contributed by atoms with Crippen LogP contribution < -0.4 is 5.32 Å². The van der Waals surface area contributed by atoms with E-state index in [0.717, 1.165) is 38.0 Å². The summed E-state index contributed by atoms with van der Waals surface area (Å²) in [7, 11) is 0. The summed E-state index contributed by atoms with van der Waals surface area (Å²) >= 11 is 0. The van der Waals surface area contributed by atoms with Crippen LogP contribution in [0.4, 0.5) is 0 Å². The van der Waals surface area contributed by atoms with E-state index in [4.69, 9.17) is 9.63 Å². The Bertz CT molecular complexity index is 599. The van der Waals surface area contributed by atoms with Crippen molar-refractivity contribution in [2.75, 3.05) is 6.61 Å². The van der Waals surface area contributed by atoms with Gasteiger partial charge in [0.1, 0.15) is 0 Å². The van der Waals surface area contributed by atoms with Gasteiger partial charge in [0.2, 0.25) is 5.89 Å². The zero-order valence-electron chi connectivity index (χ0n) is 13.6. The minimum absolute atomic E-state index is 0.236. The Balaban J connectivity index is 1.62. The van der Waals surface area contributed by atoms with Crippen LogP contribution in [0.15, 0.2) is 34.9 Å². The smallest absolute Gasteiger partial charge is 0.229 e. The van der Waals surface area contributed by atoms with Crippen LogP contribution in [0.3, 0.4) is 0 Å². The number of nitrogens with one attached hydrogen (secondary N) is 1. The van der Waals surface area contributed by atoms with Gasteiger partial charge in [-0.2, -0.15) is 4.98 Å². The summed E-state index contributed by atoms with van der Waals surface area (Å²) in [4.78, 5) is 4.38. The van der Waals surface area contributed by atoms with Crippen molar-refractivity contribution in [2.24, 2.45) is 0 Å². The second kappa shape index (κ2) is 7.70. The van der Waals surface area contributed by atoms with Gasteiger partial charge in [0.25, 0.3) is 0 Å². The monoisotopic (exact) mass is 315 g/mol. The van der Waals surface area contributed by atoms with Crippen molar-refractivity contribution in [2.45, 2.75) is 57.0 Å². The standard InChI is InChI=1S/C18H25N3O2/c1-13-19-18(23-21-13)15-9-10-16(12-15)20-17(8-5-11-22)14-6-3-2-4-7-14/h2-4,6-7,15-17,20,22H,5,8-12H2,1H3. The van der Waals surface area contributed by atoms with Crippen LogP contribution in [0.2, 0.25) is 0 Å². The molecule has 0 spiro atoms. The van der Waals surface area contributed by atoms with Crippen molar-refractivity contribution in [3.05, 3.63) is 47.6 Å². The summed E-state index contributed by atoms with van der Waals surface area (Å²) in [6, 6.07) is 11.2. The Morgan fingerprint density at radius 1 is 1.30 bits per heavy atom. The van der Waals surface area contributed by atoms with Gasteiger partial charge in [-0.15, -0.1) is 0 Å². The molecule has 1 aliphatic rings. The van der Waals surface area contributed by atoms with E-state index in [9.17, 15) is 0 Å². The first kappa shape index (κ1) is 16.1. The van der Waals surface area contributed by atoms with Crippen molar-refractivity contribution in [3.63, 3.8) is 0 Å². The number of aliphatic hydroxyl groups excluding tert-OH is 1. The molecule has 23 heavy (non-hydrogen) atoms. The average molecular weight is 315 g/mol. The molecule has 124 valence electrons. The maximum Gasteiger partial charge on any atom is 0.229 e. The van der Waals surface area contributed by atoms with Crippen molar-refractivity contribution < 1.29 is 9.63 Å². The van der Waals surface area contributed by atoms with Gasteiger partial charge in [-0.1, -0.05) is 35.5 Å². The van der Waals surface area contributed by atoms with Gasteiger partial charge < -0.3 is 14.9 Å². The van der Waals surface area contributed by atoms with Crippen molar-refractivity contribution in [1.82, 2.24) is 15.5 Å². The first-order chi connectivity index (χ1) is 11.3. The topological polar surface area (TPSA) is 71.2 Å². The molecule has 0 amide bonds. The van der Waals surface area contributed by atoms with Gasteiger partial charge in [-0.3, -0.25) is 0 Å². The predicted octanol–water partition coefficient (Wildman–Crippen LogP) is 3.12. The molecule has 1 aromatic heterocycles. The zero-order valence-corrected chi connectivity index (χ0v) is 13.6. The molecule has 1 aromatic carbocycles. The van der Waals surface area contributed by atoms with Crippen LogP contribution in [0, 0.1) is 6.92 Å². The van der Waals surface area contributed by atoms with Crippen LogP contribution in [-0.2, 0) is 0 Å². The SMILES string of the molecule is Cc1noc(C2CCC(NC(CCCO)c3ccccc3)C2)n1. The molecular formula is C18H25N3O2. The summed E-state index contributed by atoms with van der Waals surface area (Å²) in [6.45, 7) is 2.09. The van der Waals surface area contributed by atoms with E-state index in [0.29, 0.717) is 17.8 Å². The van der Waals surface area contributed by atoms with Crippen LogP contribution in [0.25, 0.3) is 0 Å². The summed E-state index contributed by atoms with van der Waals surface area (Å²) in [5.41, 5.74) is 1.29. The van der Waals surface area contributed by atoms with E-state index < -0.39 is 0 Å². The molecule has 0 radical (unpaired) electrons. The molecule has 1 saturated carbocycles. The van der Waals surface area contributed by atoms with Crippen LogP contribution in [0.1, 0.15) is 61.3 Å². The second-order valence-electron chi connectivity index (χ2n) is 6.38. The number of rotatable bonds is 7. The van der Waals surface area contributed by atoms with Gasteiger partial charge in [-0.05, 0) is 44.6 Å². The average Bonchev–Trinajstić information content (AvgIpc) is 3.21. The van der Waals surface area contributed by atoms with Crippen LogP contribution in [-0.4, -0.2) is 27.9 Å². The van der Waals surface area contributed by atoms with Crippen molar-refractivity contribution >= 4 is 0 Å². The van der Waals surface area contributed by atoms with Crippen LogP contribution in [0.5, 0.6) is 0 Å². The van der Waals surface area contributed by atoms with E-state index in [1.807, 2.05) is 13.0 Å². The maximum absolute atomic E-state index is 9.16. The first-order valence-electron chi connectivity index (χ1n) is 8.48. The highest BCUT2D eigenvalue weighted by molar-refractivity contribution is 5.19. The Morgan fingerprint density at radius 3 is 2.83 bits per heavy atom. The second-order valence-corrected chi connectivity index (χ2v) is 6.38. The predicted molar refractivity (Wildman–Crippen MR) is 88.1 cm³/mol. The number of hydrogen-bond acceptors (Lipinski definition) is 5. The van der Waals surface area contributed by atoms with E-state index in [2.05, 4.69) is 39.7 Å². The molecule has 2 N–H and O–H groups in total. The lowest BCUT2D eigenvalue weighted by Crippen LogP contribution is -2.31. The summed E-state index contributed by atoms with van der Waals surface area (Å²) in [6.07, 6.45) is 4.99. The quantitative estimate of drug-likeness (QED) is 0.821. The van der Waals surface area contributed by atoms with Crippen LogP contribution >= 0.6 is 0 Å². The normalized spacial score (nSPS) is 22.3. The van der Waals surface area contributed by atoms with Gasteiger partial charge in [0, 0.05) is 24.6 Å². The van der Waals surface area contributed by atoms with Gasteiger partial charge in [0.05, 0.1) is 0 Å². The number of hydrogen-bond donors (Lipinski definition) is 2. The molecule has 0 bridgehead atoms. The summed E-state index contributed by atoms with van der Waals surface area (Å²) in [5.74, 6) is 1.85. The van der Waals surface area contributed by atoms with Crippen molar-refractivity contribution in [1.29, 1.82) is 0 Å². The highest BCUT2D eigenvalue weighted by Crippen LogP contribution is 2.35. The first-order valence-corrected chi connectivity index (χ1v) is 8.48. The van der Waals surface area contributed by atoms with E-state index in [-0.39, 0.29) is 12.6 Å². The third-order valence-corrected chi connectivity index (χ3v) is 4.61. The molecule has 2 aromatic rings. The van der Waals surface area contributed by atoms with Gasteiger partial charge in [-0.25, -0.2) is 0 Å². The molecule has 5 heteroatoms. The van der Waals surface area contributed by atoms with E-state index in [1.165, 1.54) is 5.56 Å². The molecule has 1 aliphatic carbocycles. The minimum Gasteiger partial charge on any atom is -0.396 e. The number of aliphatic hydroxyl groups is 1. The lowest BCUT2D eigenvalue weighted by atomic mass is 10.0. The van der Waals surface area contributed by atoms with Gasteiger partial charge in [0.15, 0.2) is 5.82 Å². The number of benzene rings is 1. The minimum atomic E-state index is 0.236. The van der Waals surface area contributed by atoms with Crippen molar-refractivity contribution in [3.8, 4) is 0 Å². The highest BCUT2D eigenvalue weighted by Gasteiger charge is 2.31. The molecule has 3 rings (SSSR count). The van der Waals surface area contributed by atoms with Gasteiger partial charge >= 0.3 is 0 Å². The Morgan fingerprint density at radius 2 is 2.13 bits per heavy atom. The Kier molecular flexibility index (Phi) is 5.41. The highest BCUT2D eigenvalue weighted by atomic mass is 16.5. The number of nitrogens with zero attached hydrogens (tertiary/aromatic N) is 2. The number of aromatic nitrogens is 2. The lowest BCUT2D eigenvalue weighted by Gasteiger charge is -2.23. The Hall–Kier alpha value is -1.72. The molecule has 0 aliphatic heterocycles. The fourth-order valence-corrected chi connectivity index (χ4v) is 3.45. The third kappa shape index (κ3) is 4.18. The molecular weight excluding hydrogens is 290 g/mol. The lowest BCUT2D eigenvalue weighted by molar-refractivity contribution is 0.271. The summed E-state index contributed by atoms with van der Waals surface area (Å²) < 4.78 is 5.33. The fourth-order valence-electron chi connectivity index (χ4n) is 3.45. The molecule has 5 nitrogen and oxygen atoms in total. The molecule has 0 saturated heterocycles. The summed E-state index contributed by atoms with van der Waals surface area (Å²) in [5, 5.41) is 16.8. The molecule has 3 atom stereocenters.